The molecule has 1 saturated carbocycles. The lowest BCUT2D eigenvalue weighted by atomic mass is 9.74. The van der Waals surface area contributed by atoms with Gasteiger partial charge in [0.2, 0.25) is 5.91 Å². The first-order valence-corrected chi connectivity index (χ1v) is 10.9. The van der Waals surface area contributed by atoms with Gasteiger partial charge in [0.1, 0.15) is 0 Å². The van der Waals surface area contributed by atoms with Crippen molar-refractivity contribution in [2.45, 2.75) is 50.4 Å². The van der Waals surface area contributed by atoms with Gasteiger partial charge in [0.25, 0.3) is 0 Å². The Morgan fingerprint density at radius 3 is 2.33 bits per heavy atom. The minimum Gasteiger partial charge on any atom is -0.355 e. The van der Waals surface area contributed by atoms with Crippen molar-refractivity contribution in [1.82, 2.24) is 5.32 Å². The number of benzene rings is 1. The maximum Gasteiger partial charge on any atom is 0.224 e. The molecule has 1 aliphatic carbocycles. The highest BCUT2D eigenvalue weighted by Crippen LogP contribution is 2.38. The van der Waals surface area contributed by atoms with E-state index in [-0.39, 0.29) is 28.7 Å². The summed E-state index contributed by atoms with van der Waals surface area (Å²) in [5, 5.41) is 3.10. The smallest absolute Gasteiger partial charge is 0.224 e. The molecule has 2 aliphatic rings. The van der Waals surface area contributed by atoms with Gasteiger partial charge in [0, 0.05) is 12.0 Å². The molecule has 1 amide bonds. The molecular weight excluding hydrogens is 322 g/mol. The molecule has 4 nitrogen and oxygen atoms in total. The van der Waals surface area contributed by atoms with Crippen molar-refractivity contribution in [2.24, 2.45) is 5.92 Å². The van der Waals surface area contributed by atoms with Crippen LogP contribution in [0.15, 0.2) is 30.3 Å². The summed E-state index contributed by atoms with van der Waals surface area (Å²) in [4.78, 5) is 12.5. The number of carbonyl (C=O) groups excluding carboxylic acids is 1. The van der Waals surface area contributed by atoms with Crippen LogP contribution in [0.1, 0.15) is 50.5 Å². The van der Waals surface area contributed by atoms with Gasteiger partial charge >= 0.3 is 0 Å². The van der Waals surface area contributed by atoms with E-state index in [1.165, 1.54) is 31.2 Å². The number of nitrogens with one attached hydrogen (secondary N) is 1. The molecule has 3 rings (SSSR count). The molecule has 0 spiro atoms. The van der Waals surface area contributed by atoms with Crippen LogP contribution in [0.25, 0.3) is 0 Å². The Hall–Kier alpha value is -1.36. The van der Waals surface area contributed by atoms with Crippen molar-refractivity contribution in [1.29, 1.82) is 0 Å². The summed E-state index contributed by atoms with van der Waals surface area (Å²) >= 11 is 0. The highest BCUT2D eigenvalue weighted by molar-refractivity contribution is 7.91. The third kappa shape index (κ3) is 4.00. The Morgan fingerprint density at radius 2 is 1.75 bits per heavy atom. The highest BCUT2D eigenvalue weighted by atomic mass is 32.2. The molecule has 1 aromatic rings. The number of rotatable bonds is 4. The number of hydrogen-bond donors (Lipinski definition) is 1. The molecule has 0 radical (unpaired) electrons. The lowest BCUT2D eigenvalue weighted by Gasteiger charge is -2.34. The molecule has 2 fully saturated rings. The van der Waals surface area contributed by atoms with E-state index in [0.29, 0.717) is 13.0 Å². The summed E-state index contributed by atoms with van der Waals surface area (Å²) in [7, 11) is -3.02. The zero-order valence-corrected chi connectivity index (χ0v) is 15.0. The minimum atomic E-state index is -3.02. The summed E-state index contributed by atoms with van der Waals surface area (Å²) in [5.41, 5.74) is 1.29. The average molecular weight is 349 g/mol. The average Bonchev–Trinajstić information content (AvgIpc) is 2.81. The summed E-state index contributed by atoms with van der Waals surface area (Å²) in [6.07, 6.45) is 7.50. The molecule has 24 heavy (non-hydrogen) atoms. The first kappa shape index (κ1) is 17.5. The second-order valence-electron chi connectivity index (χ2n) is 7.38. The second-order valence-corrected chi connectivity index (χ2v) is 9.61. The van der Waals surface area contributed by atoms with E-state index in [0.717, 1.165) is 12.8 Å². The number of amides is 1. The predicted molar refractivity (Wildman–Crippen MR) is 95.6 cm³/mol. The summed E-state index contributed by atoms with van der Waals surface area (Å²) in [6.45, 7) is 0.617. The maximum atomic E-state index is 12.5. The van der Waals surface area contributed by atoms with Gasteiger partial charge in [-0.2, -0.15) is 0 Å². The Bertz CT molecular complexity index is 661. The van der Waals surface area contributed by atoms with Crippen LogP contribution in [0.4, 0.5) is 0 Å². The molecule has 1 aromatic carbocycles. The molecule has 5 heteroatoms. The van der Waals surface area contributed by atoms with Gasteiger partial charge in [-0.15, -0.1) is 0 Å². The fourth-order valence-corrected chi connectivity index (χ4v) is 5.91. The monoisotopic (exact) mass is 349 g/mol. The maximum absolute atomic E-state index is 12.5. The van der Waals surface area contributed by atoms with Crippen molar-refractivity contribution < 1.29 is 13.2 Å². The molecule has 1 saturated heterocycles. The molecule has 1 heterocycles. The van der Waals surface area contributed by atoms with Crippen LogP contribution in [-0.2, 0) is 20.0 Å². The van der Waals surface area contributed by atoms with Crippen molar-refractivity contribution in [3.63, 3.8) is 0 Å². The van der Waals surface area contributed by atoms with E-state index < -0.39 is 9.84 Å². The van der Waals surface area contributed by atoms with Crippen LogP contribution in [0.3, 0.4) is 0 Å². The van der Waals surface area contributed by atoms with E-state index in [2.05, 4.69) is 29.6 Å². The van der Waals surface area contributed by atoms with E-state index in [9.17, 15) is 13.2 Å². The van der Waals surface area contributed by atoms with Gasteiger partial charge in [-0.25, -0.2) is 8.42 Å². The van der Waals surface area contributed by atoms with E-state index in [1.54, 1.807) is 0 Å². The zero-order chi connectivity index (χ0) is 17.0. The minimum absolute atomic E-state index is 0.00903. The largest absolute Gasteiger partial charge is 0.355 e. The van der Waals surface area contributed by atoms with Crippen LogP contribution < -0.4 is 5.32 Å². The van der Waals surface area contributed by atoms with E-state index in [1.807, 2.05) is 6.07 Å². The lowest BCUT2D eigenvalue weighted by Crippen LogP contribution is -2.43. The van der Waals surface area contributed by atoms with Crippen LogP contribution in [0, 0.1) is 5.92 Å². The normalized spacial score (nSPS) is 25.8. The van der Waals surface area contributed by atoms with Crippen LogP contribution in [-0.4, -0.2) is 32.4 Å². The third-order valence-corrected chi connectivity index (χ3v) is 7.42. The molecule has 0 aromatic heterocycles. The van der Waals surface area contributed by atoms with E-state index in [4.69, 9.17) is 0 Å². The predicted octanol–water partition coefficient (Wildman–Crippen LogP) is 2.83. The van der Waals surface area contributed by atoms with Gasteiger partial charge in [-0.1, -0.05) is 56.0 Å². The SMILES string of the molecule is O=C(NCC1(c2ccccc2)CCCCCC1)C1CCS(=O)(=O)C1. The van der Waals surface area contributed by atoms with Crippen molar-refractivity contribution >= 4 is 15.7 Å². The number of carbonyl (C=O) groups is 1. The molecule has 1 unspecified atom stereocenters. The van der Waals surface area contributed by atoms with Crippen molar-refractivity contribution in [3.05, 3.63) is 35.9 Å². The molecule has 0 bridgehead atoms. The van der Waals surface area contributed by atoms with Crippen LogP contribution in [0.5, 0.6) is 0 Å². The van der Waals surface area contributed by atoms with Gasteiger partial charge in [-0.05, 0) is 24.8 Å². The summed E-state index contributed by atoms with van der Waals surface area (Å²) < 4.78 is 23.2. The Morgan fingerprint density at radius 1 is 1.08 bits per heavy atom. The van der Waals surface area contributed by atoms with E-state index >= 15 is 0 Å². The highest BCUT2D eigenvalue weighted by Gasteiger charge is 2.36. The van der Waals surface area contributed by atoms with Crippen LogP contribution >= 0.6 is 0 Å². The summed E-state index contributed by atoms with van der Waals surface area (Å²) in [5.74, 6) is -0.296. The molecule has 1 N–H and O–H groups in total. The fraction of sp³-hybridized carbons (Fsp3) is 0.632. The number of sulfone groups is 1. The molecule has 1 atom stereocenters. The first-order valence-electron chi connectivity index (χ1n) is 9.04. The van der Waals surface area contributed by atoms with Gasteiger partial charge in [0.05, 0.1) is 17.4 Å². The first-order chi connectivity index (χ1) is 11.5. The van der Waals surface area contributed by atoms with Gasteiger partial charge in [-0.3, -0.25) is 4.79 Å². The molecule has 132 valence electrons. The van der Waals surface area contributed by atoms with Crippen molar-refractivity contribution in [3.8, 4) is 0 Å². The van der Waals surface area contributed by atoms with Crippen LogP contribution in [0.2, 0.25) is 0 Å². The quantitative estimate of drug-likeness (QED) is 0.850. The topological polar surface area (TPSA) is 63.2 Å². The summed E-state index contributed by atoms with van der Waals surface area (Å²) in [6, 6.07) is 10.5. The van der Waals surface area contributed by atoms with Gasteiger partial charge < -0.3 is 5.32 Å². The fourth-order valence-electron chi connectivity index (χ4n) is 4.17. The molecule has 1 aliphatic heterocycles. The third-order valence-electron chi connectivity index (χ3n) is 5.65. The molecular formula is C19H27NO3S. The zero-order valence-electron chi connectivity index (χ0n) is 14.2. The Kier molecular flexibility index (Phi) is 5.28. The second kappa shape index (κ2) is 7.26. The Labute approximate surface area is 145 Å². The standard InChI is InChI=1S/C19H27NO3S/c21-18(16-10-13-24(22,23)14-16)20-15-19(11-6-1-2-7-12-19)17-8-4-3-5-9-17/h3-5,8-9,16H,1-2,6-7,10-15H2,(H,20,21). The Balaban J connectivity index is 1.72. The number of hydrogen-bond acceptors (Lipinski definition) is 3. The lowest BCUT2D eigenvalue weighted by molar-refractivity contribution is -0.124. The van der Waals surface area contributed by atoms with Gasteiger partial charge in [0.15, 0.2) is 9.84 Å². The van der Waals surface area contributed by atoms with Crippen molar-refractivity contribution in [2.75, 3.05) is 18.1 Å².